The maximum Gasteiger partial charge on any atom is 0.290 e. The smallest absolute Gasteiger partial charge is 0.290 e. The summed E-state index contributed by atoms with van der Waals surface area (Å²) in [6.45, 7) is 10.8. The predicted octanol–water partition coefficient (Wildman–Crippen LogP) is 2.60. The van der Waals surface area contributed by atoms with Crippen molar-refractivity contribution in [2.75, 3.05) is 6.54 Å². The van der Waals surface area contributed by atoms with Crippen molar-refractivity contribution in [2.45, 2.75) is 85.2 Å². The maximum absolute atomic E-state index is 13.2. The van der Waals surface area contributed by atoms with Gasteiger partial charge in [0.1, 0.15) is 0 Å². The van der Waals surface area contributed by atoms with Crippen LogP contribution in [0.15, 0.2) is 0 Å². The Labute approximate surface area is 185 Å². The second-order valence-corrected chi connectivity index (χ2v) is 9.24. The number of fused-ring (bicyclic) bond motifs is 2. The fourth-order valence-electron chi connectivity index (χ4n) is 5.36. The van der Waals surface area contributed by atoms with Crippen LogP contribution < -0.4 is 5.32 Å². The minimum atomic E-state index is -0.409. The van der Waals surface area contributed by atoms with Crippen molar-refractivity contribution in [2.24, 2.45) is 18.4 Å². The Morgan fingerprint density at radius 3 is 2.48 bits per heavy atom. The molecule has 0 radical (unpaired) electrons. The van der Waals surface area contributed by atoms with Crippen LogP contribution in [0.5, 0.6) is 0 Å². The first-order valence-corrected chi connectivity index (χ1v) is 11.3. The second-order valence-electron chi connectivity index (χ2n) is 9.24. The lowest BCUT2D eigenvalue weighted by Gasteiger charge is -2.35. The van der Waals surface area contributed by atoms with Gasteiger partial charge in [0.25, 0.3) is 6.47 Å². The van der Waals surface area contributed by atoms with Gasteiger partial charge in [-0.3, -0.25) is 19.1 Å². The summed E-state index contributed by atoms with van der Waals surface area (Å²) in [6.07, 6.45) is 4.80. The van der Waals surface area contributed by atoms with Gasteiger partial charge in [-0.05, 0) is 57.4 Å². The molecule has 2 bridgehead atoms. The zero-order valence-corrected chi connectivity index (χ0v) is 19.8. The van der Waals surface area contributed by atoms with Crippen LogP contribution in [-0.2, 0) is 27.9 Å². The van der Waals surface area contributed by atoms with Crippen LogP contribution >= 0.6 is 0 Å². The summed E-state index contributed by atoms with van der Waals surface area (Å²) in [5.41, 5.74) is 2.91. The molecule has 3 rings (SSSR count). The summed E-state index contributed by atoms with van der Waals surface area (Å²) >= 11 is 0. The number of rotatable bonds is 7. The molecule has 2 amide bonds. The molecule has 3 heterocycles. The lowest BCUT2D eigenvalue weighted by Crippen LogP contribution is -2.50. The number of hydrogen-bond donors (Lipinski definition) is 2. The zero-order chi connectivity index (χ0) is 23.3. The minimum Gasteiger partial charge on any atom is -0.483 e. The molecular weight excluding hydrogens is 396 g/mol. The van der Waals surface area contributed by atoms with Crippen LogP contribution in [0.3, 0.4) is 0 Å². The molecule has 8 nitrogen and oxygen atoms in total. The van der Waals surface area contributed by atoms with Crippen molar-refractivity contribution < 1.29 is 19.5 Å². The number of carbonyl (C=O) groups excluding carboxylic acids is 2. The Morgan fingerprint density at radius 2 is 1.97 bits per heavy atom. The molecule has 2 aliphatic rings. The molecule has 1 aromatic rings. The number of aryl methyl sites for hydroxylation is 2. The zero-order valence-electron chi connectivity index (χ0n) is 19.8. The number of nitrogens with zero attached hydrogens (tertiary/aromatic N) is 3. The van der Waals surface area contributed by atoms with E-state index in [4.69, 9.17) is 9.90 Å². The molecule has 0 unspecified atom stereocenters. The van der Waals surface area contributed by atoms with E-state index in [2.05, 4.69) is 43.0 Å². The summed E-state index contributed by atoms with van der Waals surface area (Å²) in [7, 11) is 1.94. The van der Waals surface area contributed by atoms with E-state index in [9.17, 15) is 9.59 Å². The molecule has 0 saturated carbocycles. The SMILES string of the molecule is CC[C@]1(C(=O)NCC(C)C)C[C@H]2CC[C@@H]1N2C(=O)CCc1c(C)nn(C)c1C.O=CO. The number of hydrogen-bond acceptors (Lipinski definition) is 4. The van der Waals surface area contributed by atoms with Gasteiger partial charge in [0.05, 0.1) is 11.1 Å². The first kappa shape index (κ1) is 24.9. The van der Waals surface area contributed by atoms with Crippen molar-refractivity contribution in [1.29, 1.82) is 0 Å². The largest absolute Gasteiger partial charge is 0.483 e. The van der Waals surface area contributed by atoms with E-state index in [-0.39, 0.29) is 30.4 Å². The second kappa shape index (κ2) is 10.3. The van der Waals surface area contributed by atoms with E-state index in [0.29, 0.717) is 18.9 Å². The van der Waals surface area contributed by atoms with Crippen molar-refractivity contribution in [3.8, 4) is 0 Å². The van der Waals surface area contributed by atoms with Crippen molar-refractivity contribution in [3.05, 3.63) is 17.0 Å². The average molecular weight is 435 g/mol. The molecular formula is C23H38N4O4. The van der Waals surface area contributed by atoms with E-state index < -0.39 is 5.41 Å². The van der Waals surface area contributed by atoms with E-state index in [1.165, 1.54) is 5.56 Å². The normalized spacial score (nSPS) is 24.2. The average Bonchev–Trinajstić information content (AvgIpc) is 3.35. The first-order valence-electron chi connectivity index (χ1n) is 11.3. The Hall–Kier alpha value is -2.38. The van der Waals surface area contributed by atoms with E-state index in [0.717, 1.165) is 43.5 Å². The lowest BCUT2D eigenvalue weighted by atomic mass is 9.71. The highest BCUT2D eigenvalue weighted by molar-refractivity contribution is 5.87. The van der Waals surface area contributed by atoms with Crippen LogP contribution in [0, 0.1) is 25.2 Å². The van der Waals surface area contributed by atoms with Gasteiger partial charge < -0.3 is 15.3 Å². The summed E-state index contributed by atoms with van der Waals surface area (Å²) in [6, 6.07) is 0.275. The number of nitrogens with one attached hydrogen (secondary N) is 1. The molecule has 8 heteroatoms. The van der Waals surface area contributed by atoms with Crippen LogP contribution in [0.1, 0.15) is 69.8 Å². The molecule has 0 aliphatic carbocycles. The molecule has 0 spiro atoms. The van der Waals surface area contributed by atoms with Gasteiger partial charge in [-0.1, -0.05) is 20.8 Å². The third-order valence-electron chi connectivity index (χ3n) is 7.03. The number of carbonyl (C=O) groups is 3. The Bertz CT molecular complexity index is 804. The van der Waals surface area contributed by atoms with Crippen LogP contribution in [0.2, 0.25) is 0 Å². The molecule has 2 saturated heterocycles. The third-order valence-corrected chi connectivity index (χ3v) is 7.03. The maximum atomic E-state index is 13.2. The van der Waals surface area contributed by atoms with E-state index >= 15 is 0 Å². The molecule has 3 atom stereocenters. The lowest BCUT2D eigenvalue weighted by molar-refractivity contribution is -0.137. The Morgan fingerprint density at radius 1 is 1.32 bits per heavy atom. The van der Waals surface area contributed by atoms with Crippen LogP contribution in [-0.4, -0.2) is 56.7 Å². The molecule has 2 aliphatic heterocycles. The monoisotopic (exact) mass is 434 g/mol. The van der Waals surface area contributed by atoms with Crippen molar-refractivity contribution >= 4 is 18.3 Å². The quantitative estimate of drug-likeness (QED) is 0.642. The fraction of sp³-hybridized carbons (Fsp3) is 0.739. The molecule has 174 valence electrons. The van der Waals surface area contributed by atoms with Gasteiger partial charge in [-0.25, -0.2) is 0 Å². The van der Waals surface area contributed by atoms with Gasteiger partial charge in [0.2, 0.25) is 11.8 Å². The summed E-state index contributed by atoms with van der Waals surface area (Å²) in [5.74, 6) is 0.773. The molecule has 2 N–H and O–H groups in total. The van der Waals surface area contributed by atoms with Crippen molar-refractivity contribution in [1.82, 2.24) is 20.0 Å². The Balaban J connectivity index is 0.00000107. The summed E-state index contributed by atoms with van der Waals surface area (Å²) in [4.78, 5) is 36.7. The molecule has 2 fully saturated rings. The van der Waals surface area contributed by atoms with Gasteiger partial charge >= 0.3 is 0 Å². The Kier molecular flexibility index (Phi) is 8.26. The van der Waals surface area contributed by atoms with Gasteiger partial charge in [0.15, 0.2) is 0 Å². The molecule has 31 heavy (non-hydrogen) atoms. The number of carboxylic acid groups (broad SMARTS) is 1. The van der Waals surface area contributed by atoms with Gasteiger partial charge in [-0.15, -0.1) is 0 Å². The van der Waals surface area contributed by atoms with Gasteiger partial charge in [0, 0.05) is 37.8 Å². The van der Waals surface area contributed by atoms with Crippen molar-refractivity contribution in [3.63, 3.8) is 0 Å². The van der Waals surface area contributed by atoms with Gasteiger partial charge in [-0.2, -0.15) is 5.10 Å². The summed E-state index contributed by atoms with van der Waals surface area (Å²) < 4.78 is 1.88. The van der Waals surface area contributed by atoms with E-state index in [1.54, 1.807) is 0 Å². The predicted molar refractivity (Wildman–Crippen MR) is 119 cm³/mol. The minimum absolute atomic E-state index is 0.0539. The fourth-order valence-corrected chi connectivity index (χ4v) is 5.36. The van der Waals surface area contributed by atoms with Crippen LogP contribution in [0.25, 0.3) is 0 Å². The number of amides is 2. The topological polar surface area (TPSA) is 105 Å². The first-order chi connectivity index (χ1) is 14.6. The highest BCUT2D eigenvalue weighted by Crippen LogP contribution is 2.52. The number of aromatic nitrogens is 2. The molecule has 1 aromatic heterocycles. The molecule has 0 aromatic carbocycles. The summed E-state index contributed by atoms with van der Waals surface area (Å²) in [5, 5.41) is 14.5. The highest BCUT2D eigenvalue weighted by atomic mass is 16.3. The van der Waals surface area contributed by atoms with Crippen LogP contribution in [0.4, 0.5) is 0 Å². The third kappa shape index (κ3) is 4.93. The standard InChI is InChI=1S/C22H36N4O2.CH2O2/c1-7-22(21(28)23-13-14(2)3)12-17-8-10-19(22)26(17)20(27)11-9-18-15(4)24-25(6)16(18)5;2-1-3/h14,17,19H,7-13H2,1-6H3,(H,23,28);1H,(H,2,3)/t17-,19+,22+;/m1./s1. The van der Waals surface area contributed by atoms with E-state index in [1.807, 2.05) is 18.7 Å². The highest BCUT2D eigenvalue weighted by Gasteiger charge is 2.59.